The quantitative estimate of drug-likeness (QED) is 0.614. The Balaban J connectivity index is 1.39. The van der Waals surface area contributed by atoms with Gasteiger partial charge in [0.25, 0.3) is 5.91 Å². The van der Waals surface area contributed by atoms with Crippen LogP contribution in [0.1, 0.15) is 36.5 Å². The SMILES string of the molecule is CCC1CCN(C(=O)c2ccc(NC(=O)[C@H]3C[C@@H](OC)CN3C(=O)Nc3ccc(Cl)cc3)cc2)C1. The van der Waals surface area contributed by atoms with Crippen LogP contribution in [0.2, 0.25) is 5.02 Å². The molecule has 2 N–H and O–H groups in total. The number of rotatable bonds is 6. The highest BCUT2D eigenvalue weighted by atomic mass is 35.5. The summed E-state index contributed by atoms with van der Waals surface area (Å²) in [7, 11) is 1.57. The van der Waals surface area contributed by atoms with E-state index in [2.05, 4.69) is 17.6 Å². The molecular formula is C26H31ClN4O4. The van der Waals surface area contributed by atoms with Crippen molar-refractivity contribution < 1.29 is 19.1 Å². The van der Waals surface area contributed by atoms with E-state index >= 15 is 0 Å². The molecule has 0 bridgehead atoms. The topological polar surface area (TPSA) is 91.0 Å². The van der Waals surface area contributed by atoms with Gasteiger partial charge in [0.2, 0.25) is 5.91 Å². The van der Waals surface area contributed by atoms with Gasteiger partial charge in [-0.05, 0) is 60.9 Å². The van der Waals surface area contributed by atoms with Crippen LogP contribution in [0.25, 0.3) is 0 Å². The minimum absolute atomic E-state index is 0.0163. The Labute approximate surface area is 210 Å². The van der Waals surface area contributed by atoms with E-state index in [-0.39, 0.29) is 23.9 Å². The molecule has 2 fully saturated rings. The second-order valence-electron chi connectivity index (χ2n) is 9.08. The summed E-state index contributed by atoms with van der Waals surface area (Å²) in [5.41, 5.74) is 1.75. The van der Waals surface area contributed by atoms with Gasteiger partial charge in [-0.15, -0.1) is 0 Å². The average molecular weight is 499 g/mol. The zero-order valence-electron chi connectivity index (χ0n) is 20.0. The summed E-state index contributed by atoms with van der Waals surface area (Å²) >= 11 is 5.91. The van der Waals surface area contributed by atoms with Crippen LogP contribution in [0.15, 0.2) is 48.5 Å². The van der Waals surface area contributed by atoms with E-state index < -0.39 is 6.04 Å². The number of urea groups is 1. The van der Waals surface area contributed by atoms with Crippen molar-refractivity contribution in [3.8, 4) is 0 Å². The number of carbonyl (C=O) groups is 3. The second-order valence-corrected chi connectivity index (χ2v) is 9.52. The maximum atomic E-state index is 13.1. The van der Waals surface area contributed by atoms with Crippen LogP contribution < -0.4 is 10.6 Å². The molecule has 0 aliphatic carbocycles. The van der Waals surface area contributed by atoms with Crippen LogP contribution in [0.5, 0.6) is 0 Å². The molecule has 2 aliphatic heterocycles. The number of likely N-dealkylation sites (tertiary alicyclic amines) is 2. The molecule has 9 heteroatoms. The number of nitrogens with one attached hydrogen (secondary N) is 2. The maximum Gasteiger partial charge on any atom is 0.322 e. The van der Waals surface area contributed by atoms with E-state index in [1.165, 1.54) is 4.90 Å². The van der Waals surface area contributed by atoms with Crippen molar-refractivity contribution in [2.24, 2.45) is 5.92 Å². The first-order valence-corrected chi connectivity index (χ1v) is 12.3. The average Bonchev–Trinajstić information content (AvgIpc) is 3.53. The van der Waals surface area contributed by atoms with Gasteiger partial charge in [0, 0.05) is 55.1 Å². The van der Waals surface area contributed by atoms with Gasteiger partial charge in [-0.25, -0.2) is 4.79 Å². The Morgan fingerprint density at radius 2 is 1.66 bits per heavy atom. The summed E-state index contributed by atoms with van der Waals surface area (Å²) in [5.74, 6) is 0.280. The number of ether oxygens (including phenoxy) is 1. The molecule has 35 heavy (non-hydrogen) atoms. The van der Waals surface area contributed by atoms with Crippen LogP contribution in [0.3, 0.4) is 0 Å². The van der Waals surface area contributed by atoms with Crippen molar-refractivity contribution in [3.05, 3.63) is 59.1 Å². The number of carbonyl (C=O) groups excluding carboxylic acids is 3. The van der Waals surface area contributed by atoms with E-state index in [1.807, 2.05) is 4.90 Å². The number of hydrogen-bond donors (Lipinski definition) is 2. The molecule has 2 aliphatic rings. The Bertz CT molecular complexity index is 1060. The summed E-state index contributed by atoms with van der Waals surface area (Å²) in [6, 6.07) is 12.6. The van der Waals surface area contributed by atoms with Gasteiger partial charge < -0.3 is 25.2 Å². The largest absolute Gasteiger partial charge is 0.380 e. The van der Waals surface area contributed by atoms with E-state index in [1.54, 1.807) is 55.6 Å². The molecule has 0 spiro atoms. The van der Waals surface area contributed by atoms with Crippen LogP contribution in [-0.2, 0) is 9.53 Å². The third kappa shape index (κ3) is 5.94. The van der Waals surface area contributed by atoms with E-state index in [0.29, 0.717) is 40.8 Å². The van der Waals surface area contributed by atoms with Gasteiger partial charge in [0.05, 0.1) is 6.10 Å². The number of anilines is 2. The summed E-state index contributed by atoms with van der Waals surface area (Å²) in [6.45, 7) is 4.03. The van der Waals surface area contributed by atoms with E-state index in [0.717, 1.165) is 25.9 Å². The number of hydrogen-bond acceptors (Lipinski definition) is 4. The van der Waals surface area contributed by atoms with Crippen LogP contribution in [0, 0.1) is 5.92 Å². The number of halogens is 1. The lowest BCUT2D eigenvalue weighted by Crippen LogP contribution is -2.45. The highest BCUT2D eigenvalue weighted by Gasteiger charge is 2.40. The molecule has 0 saturated carbocycles. The molecule has 4 amide bonds. The van der Waals surface area contributed by atoms with Crippen molar-refractivity contribution in [2.75, 3.05) is 37.4 Å². The predicted molar refractivity (Wildman–Crippen MR) is 136 cm³/mol. The third-order valence-corrected chi connectivity index (χ3v) is 7.06. The first-order chi connectivity index (χ1) is 16.9. The molecule has 3 atom stereocenters. The van der Waals surface area contributed by atoms with Gasteiger partial charge >= 0.3 is 6.03 Å². The zero-order chi connectivity index (χ0) is 24.9. The van der Waals surface area contributed by atoms with Crippen molar-refractivity contribution in [1.82, 2.24) is 9.80 Å². The number of methoxy groups -OCH3 is 1. The van der Waals surface area contributed by atoms with Gasteiger partial charge in [-0.2, -0.15) is 0 Å². The lowest BCUT2D eigenvalue weighted by Gasteiger charge is -2.24. The normalized spacial score (nSPS) is 21.7. The smallest absolute Gasteiger partial charge is 0.322 e. The Hall–Kier alpha value is -3.10. The Kier molecular flexibility index (Phi) is 7.93. The first kappa shape index (κ1) is 25.0. The molecule has 186 valence electrons. The molecule has 2 saturated heterocycles. The van der Waals surface area contributed by atoms with Gasteiger partial charge in [0.1, 0.15) is 6.04 Å². The molecular weight excluding hydrogens is 468 g/mol. The standard InChI is InChI=1S/C26H31ClN4O4/c1-3-17-12-13-30(15-17)25(33)18-4-8-20(9-5-18)28-24(32)23-14-22(35-2)16-31(23)26(34)29-21-10-6-19(27)7-11-21/h4-11,17,22-23H,3,12-16H2,1-2H3,(H,28,32)(H,29,34)/t17?,22-,23-/m1/s1. The summed E-state index contributed by atoms with van der Waals surface area (Å²) in [6.07, 6.45) is 2.27. The van der Waals surface area contributed by atoms with Crippen LogP contribution in [0.4, 0.5) is 16.2 Å². The van der Waals surface area contributed by atoms with Crippen molar-refractivity contribution >= 4 is 40.8 Å². The minimum Gasteiger partial charge on any atom is -0.380 e. The number of amides is 4. The highest BCUT2D eigenvalue weighted by Crippen LogP contribution is 2.25. The molecule has 2 aromatic rings. The second kappa shape index (κ2) is 11.1. The number of benzene rings is 2. The van der Waals surface area contributed by atoms with Crippen molar-refractivity contribution in [2.45, 2.75) is 38.3 Å². The molecule has 8 nitrogen and oxygen atoms in total. The first-order valence-electron chi connectivity index (χ1n) is 11.9. The van der Waals surface area contributed by atoms with Gasteiger partial charge in [0.15, 0.2) is 0 Å². The third-order valence-electron chi connectivity index (χ3n) is 6.80. The Morgan fingerprint density at radius 3 is 2.29 bits per heavy atom. The van der Waals surface area contributed by atoms with Crippen molar-refractivity contribution in [1.29, 1.82) is 0 Å². The van der Waals surface area contributed by atoms with Crippen molar-refractivity contribution in [3.63, 3.8) is 0 Å². The summed E-state index contributed by atoms with van der Waals surface area (Å²) in [5, 5.41) is 6.26. The maximum absolute atomic E-state index is 13.1. The molecule has 2 aromatic carbocycles. The minimum atomic E-state index is -0.691. The lowest BCUT2D eigenvalue weighted by atomic mass is 10.1. The molecule has 2 heterocycles. The monoisotopic (exact) mass is 498 g/mol. The van der Waals surface area contributed by atoms with Crippen LogP contribution in [-0.4, -0.2) is 66.5 Å². The predicted octanol–water partition coefficient (Wildman–Crippen LogP) is 4.47. The van der Waals surface area contributed by atoms with E-state index in [9.17, 15) is 14.4 Å². The molecule has 0 radical (unpaired) electrons. The van der Waals surface area contributed by atoms with Crippen LogP contribution >= 0.6 is 11.6 Å². The fraction of sp³-hybridized carbons (Fsp3) is 0.423. The van der Waals surface area contributed by atoms with Gasteiger partial charge in [-0.1, -0.05) is 24.9 Å². The fourth-order valence-corrected chi connectivity index (χ4v) is 4.75. The molecule has 1 unspecified atom stereocenters. The summed E-state index contributed by atoms with van der Waals surface area (Å²) < 4.78 is 5.43. The van der Waals surface area contributed by atoms with E-state index in [4.69, 9.17) is 16.3 Å². The highest BCUT2D eigenvalue weighted by molar-refractivity contribution is 6.30. The molecule has 4 rings (SSSR count). The van der Waals surface area contributed by atoms with Gasteiger partial charge in [-0.3, -0.25) is 9.59 Å². The fourth-order valence-electron chi connectivity index (χ4n) is 4.62. The lowest BCUT2D eigenvalue weighted by molar-refractivity contribution is -0.119. The molecule has 0 aromatic heterocycles. The number of nitrogens with zero attached hydrogens (tertiary/aromatic N) is 2. The Morgan fingerprint density at radius 1 is 1.00 bits per heavy atom. The zero-order valence-corrected chi connectivity index (χ0v) is 20.8. The summed E-state index contributed by atoms with van der Waals surface area (Å²) in [4.78, 5) is 42.2.